The summed E-state index contributed by atoms with van der Waals surface area (Å²) in [7, 11) is 1.62. The van der Waals surface area contributed by atoms with Gasteiger partial charge in [0.15, 0.2) is 0 Å². The molecule has 0 saturated carbocycles. The first-order chi connectivity index (χ1) is 19.4. The normalized spacial score (nSPS) is 11.0. The Kier molecular flexibility index (Phi) is 7.92. The van der Waals surface area contributed by atoms with Crippen molar-refractivity contribution in [2.75, 3.05) is 25.5 Å². The van der Waals surface area contributed by atoms with Gasteiger partial charge in [-0.1, -0.05) is 74.5 Å². The van der Waals surface area contributed by atoms with Crippen molar-refractivity contribution in [2.24, 2.45) is 5.92 Å². The van der Waals surface area contributed by atoms with Crippen molar-refractivity contribution in [1.29, 1.82) is 0 Å². The van der Waals surface area contributed by atoms with Gasteiger partial charge in [0, 0.05) is 23.7 Å². The maximum Gasteiger partial charge on any atom is 0.254 e. The standard InChI is InChI=1S/C33H32N4O3/c1-23(2)21-36(33(39)27-14-13-24-9-7-8-12-26(24)19-27)22-32(38)34-31-20-30(25-10-5-4-6-11-25)35-37(31)28-15-17-29(40-3)18-16-28/h4-20,23H,21-22H2,1-3H3,(H,34,38). The maximum atomic E-state index is 13.6. The van der Waals surface area contributed by atoms with E-state index in [0.717, 1.165) is 33.5 Å². The molecule has 0 spiro atoms. The Labute approximate surface area is 234 Å². The van der Waals surface area contributed by atoms with Crippen molar-refractivity contribution in [2.45, 2.75) is 13.8 Å². The highest BCUT2D eigenvalue weighted by molar-refractivity contribution is 6.01. The largest absolute Gasteiger partial charge is 0.497 e. The van der Waals surface area contributed by atoms with E-state index in [2.05, 4.69) is 5.32 Å². The molecule has 1 aromatic heterocycles. The topological polar surface area (TPSA) is 76.5 Å². The van der Waals surface area contributed by atoms with Gasteiger partial charge in [-0.2, -0.15) is 5.10 Å². The minimum atomic E-state index is -0.302. The molecule has 202 valence electrons. The number of benzene rings is 4. The van der Waals surface area contributed by atoms with Crippen molar-refractivity contribution in [3.05, 3.63) is 109 Å². The Balaban J connectivity index is 1.41. The average molecular weight is 533 g/mol. The van der Waals surface area contributed by atoms with E-state index in [9.17, 15) is 9.59 Å². The lowest BCUT2D eigenvalue weighted by Crippen LogP contribution is -2.40. The van der Waals surface area contributed by atoms with Crippen LogP contribution in [0.15, 0.2) is 103 Å². The number of methoxy groups -OCH3 is 1. The highest BCUT2D eigenvalue weighted by Crippen LogP contribution is 2.26. The number of hydrogen-bond donors (Lipinski definition) is 1. The van der Waals surface area contributed by atoms with E-state index in [-0.39, 0.29) is 24.3 Å². The predicted octanol–water partition coefficient (Wildman–Crippen LogP) is 6.44. The summed E-state index contributed by atoms with van der Waals surface area (Å²) in [5.41, 5.74) is 2.97. The lowest BCUT2D eigenvalue weighted by atomic mass is 10.1. The summed E-state index contributed by atoms with van der Waals surface area (Å²) in [5, 5.41) is 9.83. The van der Waals surface area contributed by atoms with Gasteiger partial charge in [-0.3, -0.25) is 9.59 Å². The molecule has 0 fully saturated rings. The number of carbonyl (C=O) groups excluding carboxylic acids is 2. The molecule has 40 heavy (non-hydrogen) atoms. The second kappa shape index (κ2) is 11.9. The second-order valence-electron chi connectivity index (χ2n) is 10.1. The smallest absolute Gasteiger partial charge is 0.254 e. The summed E-state index contributed by atoms with van der Waals surface area (Å²) in [4.78, 5) is 28.6. The van der Waals surface area contributed by atoms with Crippen LogP contribution in [0, 0.1) is 5.92 Å². The molecule has 0 radical (unpaired) electrons. The number of nitrogens with zero attached hydrogens (tertiary/aromatic N) is 3. The third-order valence-corrected chi connectivity index (χ3v) is 6.57. The predicted molar refractivity (Wildman–Crippen MR) is 159 cm³/mol. The van der Waals surface area contributed by atoms with Crippen LogP contribution in [-0.4, -0.2) is 46.7 Å². The molecular weight excluding hydrogens is 500 g/mol. The van der Waals surface area contributed by atoms with Crippen molar-refractivity contribution < 1.29 is 14.3 Å². The summed E-state index contributed by atoms with van der Waals surface area (Å²) >= 11 is 0. The van der Waals surface area contributed by atoms with Crippen LogP contribution in [0.1, 0.15) is 24.2 Å². The third kappa shape index (κ3) is 6.04. The van der Waals surface area contributed by atoms with E-state index in [4.69, 9.17) is 9.84 Å². The lowest BCUT2D eigenvalue weighted by Gasteiger charge is -2.24. The molecule has 7 heteroatoms. The van der Waals surface area contributed by atoms with Crippen molar-refractivity contribution in [3.63, 3.8) is 0 Å². The zero-order valence-electron chi connectivity index (χ0n) is 22.9. The van der Waals surface area contributed by atoms with Gasteiger partial charge in [-0.15, -0.1) is 0 Å². The van der Waals surface area contributed by atoms with Gasteiger partial charge in [-0.05, 0) is 53.1 Å². The van der Waals surface area contributed by atoms with Crippen LogP contribution in [0.4, 0.5) is 5.82 Å². The molecule has 0 aliphatic heterocycles. The highest BCUT2D eigenvalue weighted by atomic mass is 16.5. The molecule has 5 aromatic rings. The van der Waals surface area contributed by atoms with Gasteiger partial charge in [0.05, 0.1) is 18.5 Å². The van der Waals surface area contributed by atoms with E-state index in [1.807, 2.05) is 117 Å². The van der Waals surface area contributed by atoms with E-state index in [0.29, 0.717) is 17.9 Å². The van der Waals surface area contributed by atoms with Crippen LogP contribution in [0.25, 0.3) is 27.7 Å². The Morgan fingerprint density at radius 1 is 0.875 bits per heavy atom. The fourth-order valence-electron chi connectivity index (χ4n) is 4.66. The number of rotatable bonds is 9. The minimum absolute atomic E-state index is 0.0850. The van der Waals surface area contributed by atoms with Crippen LogP contribution < -0.4 is 10.1 Å². The quantitative estimate of drug-likeness (QED) is 0.237. The highest BCUT2D eigenvalue weighted by Gasteiger charge is 2.22. The number of amides is 2. The fourth-order valence-corrected chi connectivity index (χ4v) is 4.66. The van der Waals surface area contributed by atoms with Crippen molar-refractivity contribution in [3.8, 4) is 22.7 Å². The average Bonchev–Trinajstić information content (AvgIpc) is 3.40. The van der Waals surface area contributed by atoms with Crippen LogP contribution in [0.2, 0.25) is 0 Å². The Hall–Kier alpha value is -4.91. The summed E-state index contributed by atoms with van der Waals surface area (Å²) in [6, 6.07) is 32.6. The Morgan fingerprint density at radius 2 is 1.57 bits per heavy atom. The maximum absolute atomic E-state index is 13.6. The summed E-state index contributed by atoms with van der Waals surface area (Å²) in [6.07, 6.45) is 0. The molecule has 0 bridgehead atoms. The van der Waals surface area contributed by atoms with E-state index in [1.165, 1.54) is 0 Å². The van der Waals surface area contributed by atoms with Crippen LogP contribution in [0.5, 0.6) is 5.75 Å². The Morgan fingerprint density at radius 3 is 2.27 bits per heavy atom. The van der Waals surface area contributed by atoms with Gasteiger partial charge >= 0.3 is 0 Å². The van der Waals surface area contributed by atoms with Gasteiger partial charge in [0.2, 0.25) is 5.91 Å². The molecule has 1 N–H and O–H groups in total. The number of aromatic nitrogens is 2. The zero-order chi connectivity index (χ0) is 28.1. The molecule has 5 rings (SSSR count). The van der Waals surface area contributed by atoms with Crippen molar-refractivity contribution in [1.82, 2.24) is 14.7 Å². The van der Waals surface area contributed by atoms with Gasteiger partial charge < -0.3 is 15.0 Å². The molecule has 0 aliphatic rings. The molecule has 0 aliphatic carbocycles. The molecule has 7 nitrogen and oxygen atoms in total. The van der Waals surface area contributed by atoms with E-state index in [1.54, 1.807) is 16.7 Å². The first-order valence-electron chi connectivity index (χ1n) is 13.3. The van der Waals surface area contributed by atoms with E-state index < -0.39 is 0 Å². The van der Waals surface area contributed by atoms with E-state index >= 15 is 0 Å². The van der Waals surface area contributed by atoms with Crippen LogP contribution in [-0.2, 0) is 4.79 Å². The van der Waals surface area contributed by atoms with Crippen LogP contribution in [0.3, 0.4) is 0 Å². The monoisotopic (exact) mass is 532 g/mol. The second-order valence-corrected chi connectivity index (χ2v) is 10.1. The van der Waals surface area contributed by atoms with Crippen molar-refractivity contribution >= 4 is 28.4 Å². The molecule has 0 atom stereocenters. The number of anilines is 1. The number of nitrogens with one attached hydrogen (secondary N) is 1. The SMILES string of the molecule is COc1ccc(-n2nc(-c3ccccc3)cc2NC(=O)CN(CC(C)C)C(=O)c2ccc3ccccc3c2)cc1. The lowest BCUT2D eigenvalue weighted by molar-refractivity contribution is -0.117. The molecule has 1 heterocycles. The fraction of sp³-hybridized carbons (Fsp3) is 0.182. The first kappa shape index (κ1) is 26.7. The molecule has 2 amide bonds. The van der Waals surface area contributed by atoms with Crippen LogP contribution >= 0.6 is 0 Å². The Bertz CT molecular complexity index is 1630. The first-order valence-corrected chi connectivity index (χ1v) is 13.3. The minimum Gasteiger partial charge on any atom is -0.497 e. The number of hydrogen-bond acceptors (Lipinski definition) is 4. The third-order valence-electron chi connectivity index (χ3n) is 6.57. The van der Waals surface area contributed by atoms with Gasteiger partial charge in [0.1, 0.15) is 18.1 Å². The number of ether oxygens (including phenoxy) is 1. The van der Waals surface area contributed by atoms with Gasteiger partial charge in [-0.25, -0.2) is 4.68 Å². The molecular formula is C33H32N4O3. The zero-order valence-corrected chi connectivity index (χ0v) is 22.9. The number of carbonyl (C=O) groups is 2. The molecule has 0 saturated heterocycles. The molecule has 0 unspecified atom stereocenters. The van der Waals surface area contributed by atoms with Gasteiger partial charge in [0.25, 0.3) is 5.91 Å². The number of fused-ring (bicyclic) bond motifs is 1. The summed E-state index contributed by atoms with van der Waals surface area (Å²) in [6.45, 7) is 4.43. The summed E-state index contributed by atoms with van der Waals surface area (Å²) in [5.74, 6) is 0.942. The summed E-state index contributed by atoms with van der Waals surface area (Å²) < 4.78 is 6.99. The molecule has 4 aromatic carbocycles.